The highest BCUT2D eigenvalue weighted by Gasteiger charge is 2.27. The van der Waals surface area contributed by atoms with Gasteiger partial charge in [-0.3, -0.25) is 4.79 Å². The first kappa shape index (κ1) is 18.6. The highest BCUT2D eigenvalue weighted by Crippen LogP contribution is 2.13. The fourth-order valence-electron chi connectivity index (χ4n) is 2.58. The molecule has 4 nitrogen and oxygen atoms in total. The lowest BCUT2D eigenvalue weighted by molar-refractivity contribution is -0.125. The van der Waals surface area contributed by atoms with E-state index in [1.54, 1.807) is 12.1 Å². The number of hydrogen-bond donors (Lipinski definition) is 1. The van der Waals surface area contributed by atoms with Crippen LogP contribution in [0.5, 0.6) is 0 Å². The number of nitrogens with one attached hydrogen (secondary N) is 1. The van der Waals surface area contributed by atoms with Gasteiger partial charge in [0, 0.05) is 13.0 Å². The molecule has 5 heteroatoms. The summed E-state index contributed by atoms with van der Waals surface area (Å²) >= 11 is 0. The van der Waals surface area contributed by atoms with E-state index in [2.05, 4.69) is 5.32 Å². The lowest BCUT2D eigenvalue weighted by Crippen LogP contribution is -2.50. The Morgan fingerprint density at radius 2 is 2.12 bits per heavy atom. The standard InChI is InChI=1S/C19H26FNO3/c1-14(2)9-12-24-18-10-11-23-13-17(18)21-19(22)8-5-15-3-6-16(20)7-4-15/h3-4,6-7,9,17-18H,5,8,10-13H2,1-2H3,(H,21,22)/t17-,18+/m1/s1. The minimum atomic E-state index is -0.265. The van der Waals surface area contributed by atoms with E-state index in [4.69, 9.17) is 9.47 Å². The number of halogens is 1. The molecule has 0 saturated carbocycles. The number of benzene rings is 1. The molecule has 1 amide bonds. The van der Waals surface area contributed by atoms with Crippen molar-refractivity contribution in [2.75, 3.05) is 19.8 Å². The van der Waals surface area contributed by atoms with Crippen molar-refractivity contribution in [3.8, 4) is 0 Å². The van der Waals surface area contributed by atoms with Gasteiger partial charge in [0.25, 0.3) is 0 Å². The predicted molar refractivity (Wildman–Crippen MR) is 91.3 cm³/mol. The Morgan fingerprint density at radius 3 is 2.83 bits per heavy atom. The topological polar surface area (TPSA) is 47.6 Å². The summed E-state index contributed by atoms with van der Waals surface area (Å²) in [5, 5.41) is 3.01. The van der Waals surface area contributed by atoms with Crippen molar-refractivity contribution in [3.63, 3.8) is 0 Å². The molecule has 1 aliphatic rings. The van der Waals surface area contributed by atoms with Crippen LogP contribution in [0.15, 0.2) is 35.9 Å². The first-order chi connectivity index (χ1) is 11.5. The second kappa shape index (κ2) is 9.55. The van der Waals surface area contributed by atoms with Gasteiger partial charge < -0.3 is 14.8 Å². The van der Waals surface area contributed by atoms with Gasteiger partial charge >= 0.3 is 0 Å². The Labute approximate surface area is 143 Å². The molecule has 0 radical (unpaired) electrons. The maximum Gasteiger partial charge on any atom is 0.220 e. The molecule has 0 spiro atoms. The third-order valence-corrected chi connectivity index (χ3v) is 4.00. The monoisotopic (exact) mass is 335 g/mol. The van der Waals surface area contributed by atoms with Gasteiger partial charge in [0.05, 0.1) is 25.4 Å². The van der Waals surface area contributed by atoms with Crippen LogP contribution in [-0.4, -0.2) is 37.9 Å². The number of carbonyl (C=O) groups excluding carboxylic acids is 1. The van der Waals surface area contributed by atoms with Crippen LogP contribution in [0.1, 0.15) is 32.3 Å². The van der Waals surface area contributed by atoms with Gasteiger partial charge in [-0.15, -0.1) is 0 Å². The van der Waals surface area contributed by atoms with Crippen molar-refractivity contribution in [1.82, 2.24) is 5.32 Å². The van der Waals surface area contributed by atoms with Crippen molar-refractivity contribution < 1.29 is 18.7 Å². The first-order valence-electron chi connectivity index (χ1n) is 8.41. The van der Waals surface area contributed by atoms with E-state index in [1.165, 1.54) is 17.7 Å². The molecule has 0 aliphatic carbocycles. The fourth-order valence-corrected chi connectivity index (χ4v) is 2.58. The van der Waals surface area contributed by atoms with E-state index in [0.717, 1.165) is 12.0 Å². The lowest BCUT2D eigenvalue weighted by Gasteiger charge is -2.32. The Balaban J connectivity index is 1.79. The third kappa shape index (κ3) is 6.42. The molecule has 1 N–H and O–H groups in total. The highest BCUT2D eigenvalue weighted by atomic mass is 19.1. The zero-order chi connectivity index (χ0) is 17.4. The van der Waals surface area contributed by atoms with Crippen molar-refractivity contribution in [2.45, 2.75) is 45.3 Å². The Hall–Kier alpha value is -1.72. The van der Waals surface area contributed by atoms with Crippen LogP contribution in [0.25, 0.3) is 0 Å². The molecule has 0 unspecified atom stereocenters. The number of carbonyl (C=O) groups is 1. The maximum atomic E-state index is 12.9. The maximum absolute atomic E-state index is 12.9. The van der Waals surface area contributed by atoms with Crippen LogP contribution in [0.4, 0.5) is 4.39 Å². The number of ether oxygens (including phenoxy) is 2. The molecule has 24 heavy (non-hydrogen) atoms. The van der Waals surface area contributed by atoms with E-state index in [0.29, 0.717) is 32.7 Å². The molecule has 1 saturated heterocycles. The molecule has 0 aromatic heterocycles. The van der Waals surface area contributed by atoms with Crippen LogP contribution in [0, 0.1) is 5.82 Å². The van der Waals surface area contributed by atoms with Gasteiger partial charge in [-0.2, -0.15) is 0 Å². The van der Waals surface area contributed by atoms with Crippen molar-refractivity contribution in [1.29, 1.82) is 0 Å². The summed E-state index contributed by atoms with van der Waals surface area (Å²) in [5.41, 5.74) is 2.16. The summed E-state index contributed by atoms with van der Waals surface area (Å²) in [6.45, 7) is 5.74. The predicted octanol–water partition coefficient (Wildman–Crippen LogP) is 3.01. The zero-order valence-corrected chi connectivity index (χ0v) is 14.4. The molecule has 1 aromatic carbocycles. The van der Waals surface area contributed by atoms with Crippen molar-refractivity contribution >= 4 is 5.91 Å². The fraction of sp³-hybridized carbons (Fsp3) is 0.526. The number of allylic oxidation sites excluding steroid dienone is 1. The SMILES string of the molecule is CC(C)=CCO[C@H]1CCOC[C@H]1NC(=O)CCc1ccc(F)cc1. The first-order valence-corrected chi connectivity index (χ1v) is 8.41. The highest BCUT2D eigenvalue weighted by molar-refractivity contribution is 5.76. The average Bonchev–Trinajstić information content (AvgIpc) is 2.55. The van der Waals surface area contributed by atoms with E-state index < -0.39 is 0 Å². The summed E-state index contributed by atoms with van der Waals surface area (Å²) in [5.74, 6) is -0.301. The Bertz CT molecular complexity index is 552. The molecule has 1 aromatic rings. The van der Waals surface area contributed by atoms with Crippen molar-refractivity contribution in [2.24, 2.45) is 0 Å². The number of rotatable bonds is 7. The van der Waals surface area contributed by atoms with Gasteiger partial charge in [-0.25, -0.2) is 4.39 Å². The molecule has 1 aliphatic heterocycles. The summed E-state index contributed by atoms with van der Waals surface area (Å²) < 4.78 is 24.2. The largest absolute Gasteiger partial charge is 0.379 e. The molecule has 2 rings (SSSR count). The number of hydrogen-bond acceptors (Lipinski definition) is 3. The molecule has 2 atom stereocenters. The van der Waals surface area contributed by atoms with Gasteiger partial charge in [0.2, 0.25) is 5.91 Å². The summed E-state index contributed by atoms with van der Waals surface area (Å²) in [6, 6.07) is 6.12. The van der Waals surface area contributed by atoms with E-state index in [-0.39, 0.29) is 23.9 Å². The van der Waals surface area contributed by atoms with Crippen molar-refractivity contribution in [3.05, 3.63) is 47.3 Å². The molecule has 1 heterocycles. The minimum absolute atomic E-state index is 0.0240. The van der Waals surface area contributed by atoms with Crippen LogP contribution < -0.4 is 5.32 Å². The van der Waals surface area contributed by atoms with Gasteiger partial charge in [-0.05, 0) is 44.4 Å². The smallest absolute Gasteiger partial charge is 0.220 e. The Morgan fingerprint density at radius 1 is 1.38 bits per heavy atom. The summed E-state index contributed by atoms with van der Waals surface area (Å²) in [7, 11) is 0. The summed E-state index contributed by atoms with van der Waals surface area (Å²) in [4.78, 5) is 12.2. The molecule has 132 valence electrons. The second-order valence-corrected chi connectivity index (χ2v) is 6.32. The van der Waals surface area contributed by atoms with Crippen LogP contribution in [0.2, 0.25) is 0 Å². The number of aryl methyl sites for hydroxylation is 1. The van der Waals surface area contributed by atoms with Gasteiger partial charge in [0.15, 0.2) is 0 Å². The van der Waals surface area contributed by atoms with E-state index in [9.17, 15) is 9.18 Å². The molecular weight excluding hydrogens is 309 g/mol. The average molecular weight is 335 g/mol. The van der Waals surface area contributed by atoms with E-state index >= 15 is 0 Å². The lowest BCUT2D eigenvalue weighted by atomic mass is 10.1. The van der Waals surface area contributed by atoms with Crippen LogP contribution >= 0.6 is 0 Å². The van der Waals surface area contributed by atoms with Crippen LogP contribution in [-0.2, 0) is 20.7 Å². The zero-order valence-electron chi connectivity index (χ0n) is 14.4. The minimum Gasteiger partial charge on any atom is -0.379 e. The van der Waals surface area contributed by atoms with Gasteiger partial charge in [0.1, 0.15) is 5.82 Å². The van der Waals surface area contributed by atoms with Crippen LogP contribution in [0.3, 0.4) is 0 Å². The normalized spacial score (nSPS) is 20.5. The quantitative estimate of drug-likeness (QED) is 0.779. The molecular formula is C19H26FNO3. The molecule has 0 bridgehead atoms. The second-order valence-electron chi connectivity index (χ2n) is 6.32. The number of amides is 1. The third-order valence-electron chi connectivity index (χ3n) is 4.00. The summed E-state index contributed by atoms with van der Waals surface area (Å²) in [6.07, 6.45) is 3.73. The van der Waals surface area contributed by atoms with Gasteiger partial charge in [-0.1, -0.05) is 23.8 Å². The van der Waals surface area contributed by atoms with E-state index in [1.807, 2.05) is 19.9 Å². The Kier molecular flexibility index (Phi) is 7.40. The molecule has 1 fully saturated rings.